The van der Waals surface area contributed by atoms with E-state index in [0.29, 0.717) is 10.8 Å². The van der Waals surface area contributed by atoms with E-state index in [4.69, 9.17) is 21.1 Å². The second-order valence-electron chi connectivity index (χ2n) is 4.97. The number of nitrogens with one attached hydrogen (secondary N) is 1. The van der Waals surface area contributed by atoms with Gasteiger partial charge in [0.25, 0.3) is 0 Å². The van der Waals surface area contributed by atoms with E-state index in [0.717, 1.165) is 0 Å². The van der Waals surface area contributed by atoms with E-state index in [1.54, 1.807) is 31.2 Å². The van der Waals surface area contributed by atoms with Gasteiger partial charge < -0.3 is 9.47 Å². The van der Waals surface area contributed by atoms with Gasteiger partial charge in [0.05, 0.1) is 10.5 Å². The summed E-state index contributed by atoms with van der Waals surface area (Å²) >= 11 is 5.84. The molecule has 8 heteroatoms. The first kappa shape index (κ1) is 19.2. The van der Waals surface area contributed by atoms with Crippen LogP contribution in [0.4, 0.5) is 0 Å². The molecule has 0 aromatic heterocycles. The molecule has 134 valence electrons. The molecule has 0 aliphatic heterocycles. The van der Waals surface area contributed by atoms with Crippen molar-refractivity contribution in [2.75, 3.05) is 19.8 Å². The summed E-state index contributed by atoms with van der Waals surface area (Å²) < 4.78 is 36.8. The molecular weight excluding hydrogens is 366 g/mol. The monoisotopic (exact) mass is 383 g/mol. The summed E-state index contributed by atoms with van der Waals surface area (Å²) in [5, 5.41) is 0.549. The Morgan fingerprint density at radius 1 is 1.12 bits per heavy atom. The van der Waals surface area contributed by atoms with Crippen molar-refractivity contribution < 1.29 is 22.7 Å². The molecule has 2 aromatic rings. The number of ether oxygens (including phenoxy) is 2. The third-order valence-corrected chi connectivity index (χ3v) is 4.87. The molecule has 0 unspecified atom stereocenters. The maximum absolute atomic E-state index is 12.0. The fourth-order valence-corrected chi connectivity index (χ4v) is 3.26. The fourth-order valence-electron chi connectivity index (χ4n) is 2.00. The number of hydrogen-bond acceptors (Lipinski definition) is 5. The lowest BCUT2D eigenvalue weighted by molar-refractivity contribution is 0.0450. The van der Waals surface area contributed by atoms with Gasteiger partial charge in [-0.1, -0.05) is 30.7 Å². The van der Waals surface area contributed by atoms with E-state index in [2.05, 4.69) is 4.72 Å². The molecular formula is C17H18ClNO5S. The van der Waals surface area contributed by atoms with Gasteiger partial charge in [-0.25, -0.2) is 17.9 Å². The molecule has 0 aliphatic carbocycles. The van der Waals surface area contributed by atoms with E-state index in [1.807, 2.05) is 0 Å². The molecule has 0 fully saturated rings. The van der Waals surface area contributed by atoms with E-state index in [-0.39, 0.29) is 30.2 Å². The van der Waals surface area contributed by atoms with Crippen molar-refractivity contribution in [1.82, 2.24) is 4.72 Å². The first-order valence-electron chi connectivity index (χ1n) is 7.57. The van der Waals surface area contributed by atoms with Crippen LogP contribution in [0.25, 0.3) is 0 Å². The van der Waals surface area contributed by atoms with Crippen LogP contribution in [0.15, 0.2) is 53.4 Å². The molecule has 0 heterocycles. The van der Waals surface area contributed by atoms with Gasteiger partial charge in [-0.2, -0.15) is 0 Å². The van der Waals surface area contributed by atoms with E-state index in [9.17, 15) is 13.2 Å². The summed E-state index contributed by atoms with van der Waals surface area (Å²) in [6, 6.07) is 12.5. The van der Waals surface area contributed by atoms with Crippen LogP contribution in [-0.2, 0) is 14.8 Å². The molecule has 0 radical (unpaired) electrons. The zero-order chi connectivity index (χ0) is 18.3. The average molecular weight is 384 g/mol. The van der Waals surface area contributed by atoms with Crippen LogP contribution in [0.2, 0.25) is 5.02 Å². The highest BCUT2D eigenvalue weighted by atomic mass is 35.5. The lowest BCUT2D eigenvalue weighted by Gasteiger charge is -2.09. The minimum absolute atomic E-state index is 0.0129. The minimum Gasteiger partial charge on any atom is -0.490 e. The highest BCUT2D eigenvalue weighted by molar-refractivity contribution is 7.89. The molecule has 0 saturated heterocycles. The van der Waals surface area contributed by atoms with E-state index < -0.39 is 16.0 Å². The Balaban J connectivity index is 1.91. The Morgan fingerprint density at radius 2 is 1.88 bits per heavy atom. The maximum atomic E-state index is 12.0. The quantitative estimate of drug-likeness (QED) is 0.560. The highest BCUT2D eigenvalue weighted by Crippen LogP contribution is 2.17. The van der Waals surface area contributed by atoms with Gasteiger partial charge in [-0.3, -0.25) is 0 Å². The Bertz CT molecular complexity index is 838. The largest absolute Gasteiger partial charge is 0.490 e. The summed E-state index contributed by atoms with van der Waals surface area (Å²) in [6.07, 6.45) is 0. The standard InChI is InChI=1S/C17H18ClNO5S/c1-2-19-25(21,22)16-8-3-5-13(11-16)17(20)24-10-9-23-15-7-4-6-14(18)12-15/h3-8,11-12,19H,2,9-10H2,1H3. The molecule has 0 atom stereocenters. The van der Waals surface area contributed by atoms with Crippen molar-refractivity contribution in [2.24, 2.45) is 0 Å². The van der Waals surface area contributed by atoms with Crippen LogP contribution < -0.4 is 9.46 Å². The Labute approximate surface area is 151 Å². The summed E-state index contributed by atoms with van der Waals surface area (Å²) in [6.45, 7) is 2.12. The molecule has 1 N–H and O–H groups in total. The minimum atomic E-state index is -3.63. The second-order valence-corrected chi connectivity index (χ2v) is 7.17. The third-order valence-electron chi connectivity index (χ3n) is 3.10. The van der Waals surface area contributed by atoms with Gasteiger partial charge in [0.1, 0.15) is 19.0 Å². The Hall–Kier alpha value is -2.09. The SMILES string of the molecule is CCNS(=O)(=O)c1cccc(C(=O)OCCOc2cccc(Cl)c2)c1. The third kappa shape index (κ3) is 5.74. The predicted molar refractivity (Wildman–Crippen MR) is 94.5 cm³/mol. The molecule has 0 aliphatic rings. The number of benzene rings is 2. The number of carbonyl (C=O) groups excluding carboxylic acids is 1. The highest BCUT2D eigenvalue weighted by Gasteiger charge is 2.15. The van der Waals surface area contributed by atoms with Crippen molar-refractivity contribution in [3.05, 3.63) is 59.1 Å². The lowest BCUT2D eigenvalue weighted by Crippen LogP contribution is -2.23. The maximum Gasteiger partial charge on any atom is 0.338 e. The number of esters is 1. The van der Waals surface area contributed by atoms with Crippen molar-refractivity contribution in [2.45, 2.75) is 11.8 Å². The number of sulfonamides is 1. The van der Waals surface area contributed by atoms with Gasteiger partial charge in [0, 0.05) is 11.6 Å². The summed E-state index contributed by atoms with van der Waals surface area (Å²) in [4.78, 5) is 12.0. The zero-order valence-corrected chi connectivity index (χ0v) is 15.1. The van der Waals surface area contributed by atoms with Crippen LogP contribution in [-0.4, -0.2) is 34.1 Å². The van der Waals surface area contributed by atoms with E-state index >= 15 is 0 Å². The van der Waals surface area contributed by atoms with Crippen molar-refractivity contribution in [3.63, 3.8) is 0 Å². The molecule has 0 bridgehead atoms. The smallest absolute Gasteiger partial charge is 0.338 e. The lowest BCUT2D eigenvalue weighted by atomic mass is 10.2. The average Bonchev–Trinajstić information content (AvgIpc) is 2.59. The summed E-state index contributed by atoms with van der Waals surface area (Å²) in [5.41, 5.74) is 0.154. The van der Waals surface area contributed by atoms with Crippen LogP contribution >= 0.6 is 11.6 Å². The first-order valence-corrected chi connectivity index (χ1v) is 9.43. The van der Waals surface area contributed by atoms with Gasteiger partial charge in [0.2, 0.25) is 10.0 Å². The molecule has 6 nitrogen and oxygen atoms in total. The Morgan fingerprint density at radius 3 is 2.60 bits per heavy atom. The van der Waals surface area contributed by atoms with Crippen LogP contribution in [0, 0.1) is 0 Å². The fraction of sp³-hybridized carbons (Fsp3) is 0.235. The molecule has 0 amide bonds. The topological polar surface area (TPSA) is 81.7 Å². The van der Waals surface area contributed by atoms with Crippen LogP contribution in [0.1, 0.15) is 17.3 Å². The number of halogens is 1. The molecule has 2 rings (SSSR count). The zero-order valence-electron chi connectivity index (χ0n) is 13.6. The van der Waals surface area contributed by atoms with Gasteiger partial charge in [-0.05, 0) is 36.4 Å². The predicted octanol–water partition coefficient (Wildman–Crippen LogP) is 2.87. The second kappa shape index (κ2) is 8.84. The van der Waals surface area contributed by atoms with Crippen LogP contribution in [0.5, 0.6) is 5.75 Å². The number of hydrogen-bond donors (Lipinski definition) is 1. The van der Waals surface area contributed by atoms with Gasteiger partial charge >= 0.3 is 5.97 Å². The van der Waals surface area contributed by atoms with Crippen molar-refractivity contribution in [3.8, 4) is 5.75 Å². The molecule has 25 heavy (non-hydrogen) atoms. The molecule has 0 saturated carbocycles. The van der Waals surface area contributed by atoms with Gasteiger partial charge in [-0.15, -0.1) is 0 Å². The van der Waals surface area contributed by atoms with Gasteiger partial charge in [0.15, 0.2) is 0 Å². The molecule has 0 spiro atoms. The van der Waals surface area contributed by atoms with E-state index in [1.165, 1.54) is 24.3 Å². The number of carbonyl (C=O) groups is 1. The van der Waals surface area contributed by atoms with Crippen molar-refractivity contribution in [1.29, 1.82) is 0 Å². The number of rotatable bonds is 8. The van der Waals surface area contributed by atoms with Crippen molar-refractivity contribution >= 4 is 27.6 Å². The summed E-state index contributed by atoms with van der Waals surface area (Å²) in [5.74, 6) is -0.0504. The van der Waals surface area contributed by atoms with Crippen LogP contribution in [0.3, 0.4) is 0 Å². The summed E-state index contributed by atoms with van der Waals surface area (Å²) in [7, 11) is -3.63. The normalized spacial score (nSPS) is 11.1. The first-order chi connectivity index (χ1) is 11.9. The Kier molecular flexibility index (Phi) is 6.81. The molecule has 2 aromatic carbocycles.